The van der Waals surface area contributed by atoms with Crippen molar-refractivity contribution in [2.75, 3.05) is 6.61 Å². The summed E-state index contributed by atoms with van der Waals surface area (Å²) < 4.78 is 20.3. The Bertz CT molecular complexity index is 504. The lowest BCUT2D eigenvalue weighted by Crippen LogP contribution is -2.40. The van der Waals surface area contributed by atoms with Crippen molar-refractivity contribution in [3.05, 3.63) is 28.2 Å². The van der Waals surface area contributed by atoms with Gasteiger partial charge >= 0.3 is 8.25 Å². The molecule has 0 amide bonds. The summed E-state index contributed by atoms with van der Waals surface area (Å²) in [6, 6.07) is 4.60. The average Bonchev–Trinajstić information content (AvgIpc) is 2.29. The average molecular weight is 327 g/mol. The molecule has 0 saturated heterocycles. The van der Waals surface area contributed by atoms with Crippen LogP contribution in [0.25, 0.3) is 0 Å². The number of halogens is 2. The SMILES string of the molecule is CC(C)(Oc1ccc(Cl)cc1Cl)C(=O)CO[PH](=O)O. The summed E-state index contributed by atoms with van der Waals surface area (Å²) in [5.41, 5.74) is -1.24. The van der Waals surface area contributed by atoms with Crippen LogP contribution in [0.1, 0.15) is 13.8 Å². The minimum absolute atomic E-state index is 0.269. The van der Waals surface area contributed by atoms with Crippen molar-refractivity contribution in [3.8, 4) is 5.75 Å². The molecule has 0 aliphatic rings. The van der Waals surface area contributed by atoms with Crippen molar-refractivity contribution in [2.24, 2.45) is 0 Å². The molecule has 0 saturated carbocycles. The predicted octanol–water partition coefficient (Wildman–Crippen LogP) is 3.12. The molecule has 1 unspecified atom stereocenters. The Morgan fingerprint density at radius 2 is 2.05 bits per heavy atom. The Kier molecular flexibility index (Phi) is 5.83. The highest BCUT2D eigenvalue weighted by Crippen LogP contribution is 2.31. The van der Waals surface area contributed by atoms with Gasteiger partial charge in [0, 0.05) is 5.02 Å². The second kappa shape index (κ2) is 6.73. The van der Waals surface area contributed by atoms with Gasteiger partial charge in [-0.3, -0.25) is 9.36 Å². The second-order valence-electron chi connectivity index (χ2n) is 4.16. The Balaban J connectivity index is 2.77. The molecule has 0 spiro atoms. The third kappa shape index (κ3) is 5.13. The van der Waals surface area contributed by atoms with Crippen molar-refractivity contribution in [2.45, 2.75) is 19.4 Å². The Hall–Kier alpha value is -0.580. The molecule has 1 aromatic carbocycles. The standard InChI is InChI=1S/C11H13Cl2O5P/c1-11(2,10(14)6-17-19(15)16)18-9-4-3-7(12)5-8(9)13/h3-5,19H,6H2,1-2H3,(H,15,16). The molecule has 0 heterocycles. The van der Waals surface area contributed by atoms with E-state index in [0.717, 1.165) is 0 Å². The molecule has 0 aliphatic heterocycles. The number of rotatable bonds is 6. The first-order valence-corrected chi connectivity index (χ1v) is 7.27. The van der Waals surface area contributed by atoms with Crippen molar-refractivity contribution in [1.82, 2.24) is 0 Å². The van der Waals surface area contributed by atoms with Crippen LogP contribution in [0, 0.1) is 0 Å². The summed E-state index contributed by atoms with van der Waals surface area (Å²) >= 11 is 11.7. The minimum atomic E-state index is -3.14. The van der Waals surface area contributed by atoms with Crippen LogP contribution >= 0.6 is 31.5 Å². The van der Waals surface area contributed by atoms with Gasteiger partial charge in [0.15, 0.2) is 5.60 Å². The first-order valence-electron chi connectivity index (χ1n) is 5.25. The van der Waals surface area contributed by atoms with Gasteiger partial charge in [0.05, 0.1) is 5.02 Å². The van der Waals surface area contributed by atoms with Gasteiger partial charge in [0.25, 0.3) is 0 Å². The van der Waals surface area contributed by atoms with Gasteiger partial charge in [0.2, 0.25) is 5.78 Å². The number of ether oxygens (including phenoxy) is 1. The van der Waals surface area contributed by atoms with E-state index in [9.17, 15) is 9.36 Å². The van der Waals surface area contributed by atoms with E-state index in [1.807, 2.05) is 0 Å². The van der Waals surface area contributed by atoms with Crippen molar-refractivity contribution in [3.63, 3.8) is 0 Å². The smallest absolute Gasteiger partial charge is 0.317 e. The third-order valence-electron chi connectivity index (χ3n) is 2.26. The molecule has 0 fully saturated rings. The molecule has 1 atom stereocenters. The van der Waals surface area contributed by atoms with E-state index >= 15 is 0 Å². The van der Waals surface area contributed by atoms with Crippen LogP contribution < -0.4 is 4.74 Å². The summed E-state index contributed by atoms with van der Waals surface area (Å²) in [7, 11) is -3.14. The van der Waals surface area contributed by atoms with Crippen LogP contribution in [0.4, 0.5) is 0 Å². The van der Waals surface area contributed by atoms with Crippen LogP contribution in [-0.2, 0) is 13.9 Å². The van der Waals surface area contributed by atoms with Crippen LogP contribution in [0.2, 0.25) is 10.0 Å². The number of benzene rings is 1. The lowest BCUT2D eigenvalue weighted by molar-refractivity contribution is -0.134. The van der Waals surface area contributed by atoms with Crippen LogP contribution in [-0.4, -0.2) is 22.9 Å². The number of Topliss-reactive ketones (excluding diaryl/α,β-unsaturated/α-hetero) is 1. The fourth-order valence-corrected chi connectivity index (χ4v) is 1.89. The summed E-state index contributed by atoms with van der Waals surface area (Å²) in [5, 5.41) is 0.716. The maximum absolute atomic E-state index is 11.8. The summed E-state index contributed by atoms with van der Waals surface area (Å²) in [6.45, 7) is 2.52. The Labute approximate surface area is 121 Å². The molecule has 0 bridgehead atoms. The Morgan fingerprint density at radius 3 is 2.58 bits per heavy atom. The molecular weight excluding hydrogens is 314 g/mol. The maximum atomic E-state index is 11.8. The number of carbonyl (C=O) groups is 1. The fourth-order valence-electron chi connectivity index (χ4n) is 1.19. The van der Waals surface area contributed by atoms with Crippen molar-refractivity contribution >= 4 is 37.2 Å². The van der Waals surface area contributed by atoms with Crippen LogP contribution in [0.15, 0.2) is 18.2 Å². The van der Waals surface area contributed by atoms with E-state index in [0.29, 0.717) is 10.8 Å². The second-order valence-corrected chi connectivity index (χ2v) is 5.83. The van der Waals surface area contributed by atoms with Crippen LogP contribution in [0.3, 0.4) is 0 Å². The normalized spacial score (nSPS) is 13.1. The maximum Gasteiger partial charge on any atom is 0.317 e. The van der Waals surface area contributed by atoms with Gasteiger partial charge in [-0.05, 0) is 32.0 Å². The third-order valence-corrected chi connectivity index (χ3v) is 3.18. The molecule has 19 heavy (non-hydrogen) atoms. The predicted molar refractivity (Wildman–Crippen MR) is 73.3 cm³/mol. The molecule has 0 aliphatic carbocycles. The van der Waals surface area contributed by atoms with Gasteiger partial charge in [0.1, 0.15) is 12.4 Å². The summed E-state index contributed by atoms with van der Waals surface area (Å²) in [5.74, 6) is -0.188. The van der Waals surface area contributed by atoms with Gasteiger partial charge in [-0.15, -0.1) is 0 Å². The molecule has 106 valence electrons. The Morgan fingerprint density at radius 1 is 1.42 bits per heavy atom. The molecular formula is C11H13Cl2O5P. The topological polar surface area (TPSA) is 72.8 Å². The molecule has 0 radical (unpaired) electrons. The van der Waals surface area contributed by atoms with Gasteiger partial charge in [-0.2, -0.15) is 0 Å². The van der Waals surface area contributed by atoms with Crippen LogP contribution in [0.5, 0.6) is 5.75 Å². The lowest BCUT2D eigenvalue weighted by Gasteiger charge is -2.25. The molecule has 8 heteroatoms. The number of hydrogen-bond donors (Lipinski definition) is 1. The molecule has 5 nitrogen and oxygen atoms in total. The summed E-state index contributed by atoms with van der Waals surface area (Å²) in [6.07, 6.45) is 0. The highest BCUT2D eigenvalue weighted by Gasteiger charge is 2.30. The van der Waals surface area contributed by atoms with E-state index in [1.54, 1.807) is 6.07 Å². The zero-order valence-electron chi connectivity index (χ0n) is 10.3. The highest BCUT2D eigenvalue weighted by molar-refractivity contribution is 7.32. The van der Waals surface area contributed by atoms with Gasteiger partial charge in [-0.1, -0.05) is 23.2 Å². The molecule has 1 aromatic rings. The number of carbonyl (C=O) groups excluding carboxylic acids is 1. The zero-order valence-corrected chi connectivity index (χ0v) is 12.8. The number of ketones is 1. The fraction of sp³-hybridized carbons (Fsp3) is 0.364. The quantitative estimate of drug-likeness (QED) is 0.813. The minimum Gasteiger partial charge on any atom is -0.478 e. The molecule has 1 N–H and O–H groups in total. The van der Waals surface area contributed by atoms with E-state index in [4.69, 9.17) is 32.8 Å². The van der Waals surface area contributed by atoms with Gasteiger partial charge in [-0.25, -0.2) is 0 Å². The van der Waals surface area contributed by atoms with E-state index in [1.165, 1.54) is 26.0 Å². The number of hydrogen-bond acceptors (Lipinski definition) is 4. The van der Waals surface area contributed by atoms with Crippen molar-refractivity contribution in [1.29, 1.82) is 0 Å². The van der Waals surface area contributed by atoms with Gasteiger partial charge < -0.3 is 14.2 Å². The van der Waals surface area contributed by atoms with E-state index in [-0.39, 0.29) is 5.02 Å². The first kappa shape index (κ1) is 16.5. The van der Waals surface area contributed by atoms with Crippen molar-refractivity contribution < 1.29 is 23.5 Å². The largest absolute Gasteiger partial charge is 0.478 e. The lowest BCUT2D eigenvalue weighted by atomic mass is 10.0. The molecule has 0 aromatic heterocycles. The summed E-state index contributed by atoms with van der Waals surface area (Å²) in [4.78, 5) is 20.3. The van der Waals surface area contributed by atoms with E-state index < -0.39 is 26.2 Å². The molecule has 1 rings (SSSR count). The zero-order chi connectivity index (χ0) is 14.6. The highest BCUT2D eigenvalue weighted by atomic mass is 35.5. The first-order chi connectivity index (χ1) is 8.72. The van der Waals surface area contributed by atoms with E-state index in [2.05, 4.69) is 4.52 Å². The monoisotopic (exact) mass is 326 g/mol.